The van der Waals surface area contributed by atoms with Crippen molar-refractivity contribution < 1.29 is 17.9 Å². The first-order valence-electron chi connectivity index (χ1n) is 12.5. The minimum atomic E-state index is -3.77. The third kappa shape index (κ3) is 5.71. The van der Waals surface area contributed by atoms with Crippen molar-refractivity contribution in [1.29, 1.82) is 0 Å². The third-order valence-electron chi connectivity index (χ3n) is 6.61. The van der Waals surface area contributed by atoms with Crippen LogP contribution in [0.25, 0.3) is 11.0 Å². The molecular weight excluding hydrogens is 462 g/mol. The molecule has 0 N–H and O–H groups in total. The molecule has 7 nitrogen and oxygen atoms in total. The molecule has 1 aliphatic heterocycles. The number of fused-ring (bicyclic) bond motifs is 1. The zero-order valence-corrected chi connectivity index (χ0v) is 22.1. The summed E-state index contributed by atoms with van der Waals surface area (Å²) < 4.78 is 42.3. The maximum atomic E-state index is 13.9. The van der Waals surface area contributed by atoms with Crippen molar-refractivity contribution in [3.05, 3.63) is 53.9 Å². The molecule has 0 bridgehead atoms. The van der Waals surface area contributed by atoms with E-state index in [0.717, 1.165) is 50.4 Å². The molecule has 1 saturated heterocycles. The standard InChI is InChI=1S/C27H37N3O4S/c1-5-21-6-8-23(9-7-21)30(17-20(2)3)35(31,32)24-10-11-26-25(16-24)28-27(19-33-4)29(26)18-22-12-14-34-15-13-22/h6-11,16,20,22H,5,12-15,17-19H2,1-4H3. The second-order valence-corrected chi connectivity index (χ2v) is 11.6. The SMILES string of the molecule is CCc1ccc(N(CC(C)C)S(=O)(=O)c2ccc3c(c2)nc(COC)n3CC2CCOCC2)cc1. The fourth-order valence-electron chi connectivity index (χ4n) is 4.65. The van der Waals surface area contributed by atoms with E-state index in [1.165, 1.54) is 9.87 Å². The first-order chi connectivity index (χ1) is 16.8. The van der Waals surface area contributed by atoms with Gasteiger partial charge in [0.1, 0.15) is 12.4 Å². The Kier molecular flexibility index (Phi) is 8.14. The minimum absolute atomic E-state index is 0.173. The quantitative estimate of drug-likeness (QED) is 0.391. The van der Waals surface area contributed by atoms with Gasteiger partial charge in [0.25, 0.3) is 10.0 Å². The van der Waals surface area contributed by atoms with Crippen LogP contribution in [0.15, 0.2) is 47.4 Å². The van der Waals surface area contributed by atoms with Crippen LogP contribution in [0.5, 0.6) is 0 Å². The van der Waals surface area contributed by atoms with E-state index in [1.807, 2.05) is 44.2 Å². The van der Waals surface area contributed by atoms with Gasteiger partial charge in [-0.1, -0.05) is 32.9 Å². The molecule has 8 heteroatoms. The maximum Gasteiger partial charge on any atom is 0.264 e. The van der Waals surface area contributed by atoms with Crippen LogP contribution >= 0.6 is 0 Å². The van der Waals surface area contributed by atoms with E-state index in [1.54, 1.807) is 19.2 Å². The summed E-state index contributed by atoms with van der Waals surface area (Å²) in [5.74, 6) is 1.50. The average molecular weight is 500 g/mol. The van der Waals surface area contributed by atoms with Crippen molar-refractivity contribution in [2.45, 2.75) is 58.1 Å². The molecule has 1 aliphatic rings. The van der Waals surface area contributed by atoms with Gasteiger partial charge in [-0.05, 0) is 67.0 Å². The lowest BCUT2D eigenvalue weighted by Gasteiger charge is -2.26. The van der Waals surface area contributed by atoms with Crippen molar-refractivity contribution in [1.82, 2.24) is 9.55 Å². The number of rotatable bonds is 10. The summed E-state index contributed by atoms with van der Waals surface area (Å²) in [4.78, 5) is 5.04. The summed E-state index contributed by atoms with van der Waals surface area (Å²) in [5.41, 5.74) is 3.47. The zero-order valence-electron chi connectivity index (χ0n) is 21.2. The average Bonchev–Trinajstić information content (AvgIpc) is 3.19. The van der Waals surface area contributed by atoms with E-state index < -0.39 is 10.0 Å². The number of nitrogens with zero attached hydrogens (tertiary/aromatic N) is 3. The van der Waals surface area contributed by atoms with Gasteiger partial charge < -0.3 is 14.0 Å². The predicted octanol–water partition coefficient (Wildman–Crippen LogP) is 5.02. The van der Waals surface area contributed by atoms with Gasteiger partial charge in [-0.2, -0.15) is 0 Å². The van der Waals surface area contributed by atoms with E-state index in [4.69, 9.17) is 14.5 Å². The minimum Gasteiger partial charge on any atom is -0.381 e. The van der Waals surface area contributed by atoms with Gasteiger partial charge in [-0.25, -0.2) is 13.4 Å². The highest BCUT2D eigenvalue weighted by Gasteiger charge is 2.27. The van der Waals surface area contributed by atoms with Crippen molar-refractivity contribution >= 4 is 26.7 Å². The molecule has 0 aliphatic carbocycles. The number of imidazole rings is 1. The van der Waals surface area contributed by atoms with Gasteiger partial charge in [-0.3, -0.25) is 4.31 Å². The smallest absolute Gasteiger partial charge is 0.264 e. The molecule has 0 spiro atoms. The number of hydrogen-bond acceptors (Lipinski definition) is 5. The van der Waals surface area contributed by atoms with E-state index >= 15 is 0 Å². The van der Waals surface area contributed by atoms with Crippen molar-refractivity contribution in [3.63, 3.8) is 0 Å². The lowest BCUT2D eigenvalue weighted by molar-refractivity contribution is 0.0607. The normalized spacial score (nSPS) is 15.2. The Labute approximate surface area is 209 Å². The first kappa shape index (κ1) is 25.7. The van der Waals surface area contributed by atoms with Gasteiger partial charge in [0.15, 0.2) is 0 Å². The van der Waals surface area contributed by atoms with Crippen molar-refractivity contribution in [2.75, 3.05) is 31.2 Å². The lowest BCUT2D eigenvalue weighted by atomic mass is 10.0. The van der Waals surface area contributed by atoms with E-state index in [9.17, 15) is 8.42 Å². The fraction of sp³-hybridized carbons (Fsp3) is 0.519. The van der Waals surface area contributed by atoms with Crippen LogP contribution in [-0.4, -0.2) is 44.8 Å². The number of sulfonamides is 1. The summed E-state index contributed by atoms with van der Waals surface area (Å²) in [5, 5.41) is 0. The van der Waals surface area contributed by atoms with E-state index in [-0.39, 0.29) is 10.8 Å². The largest absolute Gasteiger partial charge is 0.381 e. The lowest BCUT2D eigenvalue weighted by Crippen LogP contribution is -2.34. The van der Waals surface area contributed by atoms with Crippen LogP contribution in [0, 0.1) is 11.8 Å². The van der Waals surface area contributed by atoms with Crippen LogP contribution in [0.4, 0.5) is 5.69 Å². The van der Waals surface area contributed by atoms with Crippen LogP contribution < -0.4 is 4.31 Å². The molecule has 0 amide bonds. The number of benzene rings is 2. The predicted molar refractivity (Wildman–Crippen MR) is 139 cm³/mol. The van der Waals surface area contributed by atoms with Gasteiger partial charge in [-0.15, -0.1) is 0 Å². The molecule has 0 radical (unpaired) electrons. The summed E-state index contributed by atoms with van der Waals surface area (Å²) in [6.45, 7) is 9.32. The van der Waals surface area contributed by atoms with Crippen molar-refractivity contribution in [3.8, 4) is 0 Å². The van der Waals surface area contributed by atoms with Crippen LogP contribution in [0.2, 0.25) is 0 Å². The molecule has 2 heterocycles. The molecule has 1 fully saturated rings. The molecule has 0 unspecified atom stereocenters. The molecule has 35 heavy (non-hydrogen) atoms. The maximum absolute atomic E-state index is 13.9. The molecule has 3 aromatic rings. The van der Waals surface area contributed by atoms with E-state index in [2.05, 4.69) is 11.5 Å². The summed E-state index contributed by atoms with van der Waals surface area (Å²) in [7, 11) is -2.11. The number of ether oxygens (including phenoxy) is 2. The molecule has 4 rings (SSSR count). The molecular formula is C27H37N3O4S. The van der Waals surface area contributed by atoms with Gasteiger partial charge >= 0.3 is 0 Å². The Morgan fingerprint density at radius 1 is 1.14 bits per heavy atom. The summed E-state index contributed by atoms with van der Waals surface area (Å²) >= 11 is 0. The molecule has 0 atom stereocenters. The Morgan fingerprint density at radius 3 is 2.49 bits per heavy atom. The fourth-order valence-corrected chi connectivity index (χ4v) is 6.30. The van der Waals surface area contributed by atoms with Crippen LogP contribution in [0.1, 0.15) is 45.0 Å². The van der Waals surface area contributed by atoms with Gasteiger partial charge in [0.05, 0.1) is 21.6 Å². The monoisotopic (exact) mass is 499 g/mol. The summed E-state index contributed by atoms with van der Waals surface area (Å²) in [6.07, 6.45) is 2.94. The molecule has 1 aromatic heterocycles. The highest BCUT2D eigenvalue weighted by molar-refractivity contribution is 7.92. The third-order valence-corrected chi connectivity index (χ3v) is 8.40. The Balaban J connectivity index is 1.72. The summed E-state index contributed by atoms with van der Waals surface area (Å²) in [6, 6.07) is 13.1. The number of aryl methyl sites for hydroxylation is 1. The second-order valence-electron chi connectivity index (χ2n) is 9.73. The molecule has 2 aromatic carbocycles. The Hall–Kier alpha value is -2.42. The number of aromatic nitrogens is 2. The number of hydrogen-bond donors (Lipinski definition) is 0. The molecule has 0 saturated carbocycles. The Morgan fingerprint density at radius 2 is 1.86 bits per heavy atom. The number of methoxy groups -OCH3 is 1. The van der Waals surface area contributed by atoms with Gasteiger partial charge in [0, 0.05) is 33.4 Å². The first-order valence-corrected chi connectivity index (χ1v) is 13.9. The zero-order chi connectivity index (χ0) is 25.0. The highest BCUT2D eigenvalue weighted by Crippen LogP contribution is 2.29. The van der Waals surface area contributed by atoms with E-state index in [0.29, 0.717) is 30.3 Å². The Bertz CT molecular complexity index is 1230. The second kappa shape index (κ2) is 11.1. The molecule has 190 valence electrons. The van der Waals surface area contributed by atoms with Crippen LogP contribution in [0.3, 0.4) is 0 Å². The van der Waals surface area contributed by atoms with Crippen molar-refractivity contribution in [2.24, 2.45) is 11.8 Å². The number of anilines is 1. The topological polar surface area (TPSA) is 73.7 Å². The van der Waals surface area contributed by atoms with Gasteiger partial charge in [0.2, 0.25) is 0 Å². The van der Waals surface area contributed by atoms with Crippen LogP contribution in [-0.2, 0) is 39.1 Å². The highest BCUT2D eigenvalue weighted by atomic mass is 32.2.